The average Bonchev–Trinajstić information content (AvgIpc) is 3.19. The molecule has 4 aliphatic rings. The van der Waals surface area contributed by atoms with Crippen LogP contribution >= 0.6 is 11.3 Å². The molecule has 31 heavy (non-hydrogen) atoms. The molecule has 5 nitrogen and oxygen atoms in total. The monoisotopic (exact) mass is 445 g/mol. The summed E-state index contributed by atoms with van der Waals surface area (Å²) in [5.41, 5.74) is 1.47. The van der Waals surface area contributed by atoms with E-state index < -0.39 is 0 Å². The second-order valence-corrected chi connectivity index (χ2v) is 11.6. The SMILES string of the molecule is CCc1cc2c(s1)CCO[C@@]21CCN(CC2CC(NC(=O)C3CCNCC3)C2)[C@@H](C)C1. The largest absolute Gasteiger partial charge is 0.370 e. The van der Waals surface area contributed by atoms with Gasteiger partial charge in [-0.05, 0) is 82.5 Å². The molecular weight excluding hydrogens is 406 g/mol. The van der Waals surface area contributed by atoms with E-state index >= 15 is 0 Å². The maximum absolute atomic E-state index is 12.5. The molecule has 0 aromatic carbocycles. The molecule has 2 saturated heterocycles. The standard InChI is InChI=1S/C25H39N3O2S/c1-3-21-14-22-23(31-21)6-11-30-25(22)7-10-28(17(2)15-25)16-18-12-20(13-18)27-24(29)19-4-8-26-9-5-19/h14,17-20,26H,3-13,15-16H2,1-2H3,(H,27,29)/t17-,18?,20?,25+/m0/s1. The highest BCUT2D eigenvalue weighted by Gasteiger charge is 2.45. The molecule has 0 radical (unpaired) electrons. The molecule has 0 bridgehead atoms. The molecule has 5 rings (SSSR count). The first-order valence-corrected chi connectivity index (χ1v) is 13.4. The number of fused-ring (bicyclic) bond motifs is 2. The van der Waals surface area contributed by atoms with Gasteiger partial charge in [0.1, 0.15) is 0 Å². The number of carbonyl (C=O) groups is 1. The summed E-state index contributed by atoms with van der Waals surface area (Å²) in [6.07, 6.45) is 8.73. The fourth-order valence-corrected chi connectivity index (χ4v) is 7.46. The molecule has 1 aromatic heterocycles. The van der Waals surface area contributed by atoms with Crippen LogP contribution in [0.4, 0.5) is 0 Å². The molecule has 1 saturated carbocycles. The molecule has 4 heterocycles. The summed E-state index contributed by atoms with van der Waals surface area (Å²) in [5.74, 6) is 1.25. The van der Waals surface area contributed by atoms with Crippen LogP contribution < -0.4 is 10.6 Å². The highest BCUT2D eigenvalue weighted by Crippen LogP contribution is 2.46. The van der Waals surface area contributed by atoms with Crippen LogP contribution in [0.2, 0.25) is 0 Å². The second-order valence-electron chi connectivity index (χ2n) is 10.4. The third kappa shape index (κ3) is 4.46. The first-order valence-electron chi connectivity index (χ1n) is 12.6. The Morgan fingerprint density at radius 3 is 2.90 bits per heavy atom. The second kappa shape index (κ2) is 9.12. The Balaban J connectivity index is 1.11. The Morgan fingerprint density at radius 1 is 1.35 bits per heavy atom. The minimum atomic E-state index is -0.0433. The number of likely N-dealkylation sites (tertiary alicyclic amines) is 1. The predicted octanol–water partition coefficient (Wildman–Crippen LogP) is 3.46. The molecule has 1 amide bonds. The summed E-state index contributed by atoms with van der Waals surface area (Å²) in [5, 5.41) is 6.67. The van der Waals surface area contributed by atoms with Gasteiger partial charge >= 0.3 is 0 Å². The third-order valence-electron chi connectivity index (χ3n) is 8.24. The van der Waals surface area contributed by atoms with Crippen molar-refractivity contribution in [2.45, 2.75) is 82.9 Å². The Morgan fingerprint density at radius 2 is 2.16 bits per heavy atom. The van der Waals surface area contributed by atoms with Gasteiger partial charge in [-0.15, -0.1) is 11.3 Å². The third-order valence-corrected chi connectivity index (χ3v) is 9.58. The number of nitrogens with one attached hydrogen (secondary N) is 2. The highest BCUT2D eigenvalue weighted by atomic mass is 32.1. The van der Waals surface area contributed by atoms with Crippen LogP contribution in [0.5, 0.6) is 0 Å². The van der Waals surface area contributed by atoms with E-state index in [-0.39, 0.29) is 11.5 Å². The van der Waals surface area contributed by atoms with E-state index in [1.54, 1.807) is 4.88 Å². The van der Waals surface area contributed by atoms with Gasteiger partial charge in [0.25, 0.3) is 0 Å². The predicted molar refractivity (Wildman–Crippen MR) is 126 cm³/mol. The fourth-order valence-electron chi connectivity index (χ4n) is 6.28. The van der Waals surface area contributed by atoms with Crippen molar-refractivity contribution in [2.75, 3.05) is 32.8 Å². The maximum Gasteiger partial charge on any atom is 0.223 e. The Labute approximate surface area is 191 Å². The number of nitrogens with zero attached hydrogens (tertiary/aromatic N) is 1. The molecule has 6 heteroatoms. The van der Waals surface area contributed by atoms with Crippen molar-refractivity contribution in [3.8, 4) is 0 Å². The minimum absolute atomic E-state index is 0.0433. The molecule has 1 spiro atoms. The van der Waals surface area contributed by atoms with E-state index in [1.165, 1.54) is 17.0 Å². The molecule has 3 fully saturated rings. The van der Waals surface area contributed by atoms with E-state index in [4.69, 9.17) is 4.74 Å². The van der Waals surface area contributed by atoms with E-state index in [1.807, 2.05) is 11.3 Å². The zero-order valence-corrected chi connectivity index (χ0v) is 20.1. The van der Waals surface area contributed by atoms with Crippen molar-refractivity contribution < 1.29 is 9.53 Å². The Kier molecular flexibility index (Phi) is 6.44. The lowest BCUT2D eigenvalue weighted by Gasteiger charge is -2.49. The van der Waals surface area contributed by atoms with Crippen molar-refractivity contribution in [2.24, 2.45) is 11.8 Å². The molecular formula is C25H39N3O2S. The smallest absolute Gasteiger partial charge is 0.223 e. The lowest BCUT2D eigenvalue weighted by Crippen LogP contribution is -2.54. The van der Waals surface area contributed by atoms with Crippen LogP contribution in [0.25, 0.3) is 0 Å². The molecule has 3 aliphatic heterocycles. The number of rotatable bonds is 5. The van der Waals surface area contributed by atoms with Crippen molar-refractivity contribution >= 4 is 17.2 Å². The number of ether oxygens (including phenoxy) is 1. The van der Waals surface area contributed by atoms with Gasteiger partial charge in [-0.1, -0.05) is 6.92 Å². The highest BCUT2D eigenvalue weighted by molar-refractivity contribution is 7.12. The Bertz CT molecular complexity index is 784. The number of hydrogen-bond donors (Lipinski definition) is 2. The number of thiophene rings is 1. The van der Waals surface area contributed by atoms with Crippen LogP contribution in [0.15, 0.2) is 6.07 Å². The Hall–Kier alpha value is -0.950. The van der Waals surface area contributed by atoms with Gasteiger partial charge in [0.15, 0.2) is 0 Å². The zero-order chi connectivity index (χ0) is 21.4. The maximum atomic E-state index is 12.5. The van der Waals surface area contributed by atoms with Crippen LogP contribution in [0.1, 0.15) is 67.7 Å². The van der Waals surface area contributed by atoms with E-state index in [0.29, 0.717) is 18.0 Å². The van der Waals surface area contributed by atoms with E-state index in [2.05, 4.69) is 35.4 Å². The number of aryl methyl sites for hydroxylation is 1. The molecule has 0 unspecified atom stereocenters. The van der Waals surface area contributed by atoms with Crippen molar-refractivity contribution in [3.05, 3.63) is 21.4 Å². The summed E-state index contributed by atoms with van der Waals surface area (Å²) in [4.78, 5) is 18.3. The zero-order valence-electron chi connectivity index (χ0n) is 19.3. The quantitative estimate of drug-likeness (QED) is 0.729. The summed E-state index contributed by atoms with van der Waals surface area (Å²) in [7, 11) is 0. The number of hydrogen-bond acceptors (Lipinski definition) is 5. The van der Waals surface area contributed by atoms with Crippen molar-refractivity contribution in [3.63, 3.8) is 0 Å². The molecule has 2 N–H and O–H groups in total. The lowest BCUT2D eigenvalue weighted by molar-refractivity contribution is -0.128. The van der Waals surface area contributed by atoms with Gasteiger partial charge in [0, 0.05) is 47.3 Å². The van der Waals surface area contributed by atoms with Gasteiger partial charge in [-0.3, -0.25) is 4.79 Å². The van der Waals surface area contributed by atoms with Crippen LogP contribution in [0, 0.1) is 11.8 Å². The van der Waals surface area contributed by atoms with Gasteiger partial charge in [-0.2, -0.15) is 0 Å². The first-order chi connectivity index (χ1) is 15.1. The van der Waals surface area contributed by atoms with E-state index in [0.717, 1.165) is 83.5 Å². The number of carbonyl (C=O) groups excluding carboxylic acids is 1. The average molecular weight is 446 g/mol. The normalized spacial score (nSPS) is 34.3. The van der Waals surface area contributed by atoms with Crippen LogP contribution in [-0.2, 0) is 28.0 Å². The first kappa shape index (κ1) is 21.9. The summed E-state index contributed by atoms with van der Waals surface area (Å²) >= 11 is 2.01. The molecule has 1 aromatic rings. The number of piperidine rings is 2. The lowest BCUT2D eigenvalue weighted by atomic mass is 9.76. The molecule has 172 valence electrons. The van der Waals surface area contributed by atoms with Gasteiger partial charge < -0.3 is 20.3 Å². The fraction of sp³-hybridized carbons (Fsp3) is 0.800. The van der Waals surface area contributed by atoms with Gasteiger partial charge in [-0.25, -0.2) is 0 Å². The van der Waals surface area contributed by atoms with Crippen LogP contribution in [-0.4, -0.2) is 55.7 Å². The topological polar surface area (TPSA) is 53.6 Å². The summed E-state index contributed by atoms with van der Waals surface area (Å²) in [6, 6.07) is 3.40. The van der Waals surface area contributed by atoms with Gasteiger partial charge in [0.2, 0.25) is 5.91 Å². The summed E-state index contributed by atoms with van der Waals surface area (Å²) < 4.78 is 6.50. The van der Waals surface area contributed by atoms with Crippen molar-refractivity contribution in [1.29, 1.82) is 0 Å². The van der Waals surface area contributed by atoms with Gasteiger partial charge in [0.05, 0.1) is 12.2 Å². The minimum Gasteiger partial charge on any atom is -0.370 e. The van der Waals surface area contributed by atoms with E-state index in [9.17, 15) is 4.79 Å². The number of amides is 1. The molecule has 2 atom stereocenters. The van der Waals surface area contributed by atoms with Crippen molar-refractivity contribution in [1.82, 2.24) is 15.5 Å². The summed E-state index contributed by atoms with van der Waals surface area (Å²) in [6.45, 7) is 9.79. The van der Waals surface area contributed by atoms with Crippen LogP contribution in [0.3, 0.4) is 0 Å². The molecule has 1 aliphatic carbocycles.